The maximum absolute atomic E-state index is 13.6. The molecule has 2 fully saturated rings. The molecule has 14 heteroatoms. The molecule has 2 aromatic carbocycles. The van der Waals surface area contributed by atoms with E-state index in [4.69, 9.17) is 18.6 Å². The molecule has 1 saturated carbocycles. The third-order valence-corrected chi connectivity index (χ3v) is 7.66. The number of rotatable bonds is 6. The van der Waals surface area contributed by atoms with Gasteiger partial charge in [0.25, 0.3) is 0 Å². The molecule has 42 heavy (non-hydrogen) atoms. The first-order valence-electron chi connectivity index (χ1n) is 13.2. The summed E-state index contributed by atoms with van der Waals surface area (Å²) in [6, 6.07) is 5.47. The van der Waals surface area contributed by atoms with Crippen molar-refractivity contribution in [2.24, 2.45) is 5.92 Å². The van der Waals surface area contributed by atoms with Gasteiger partial charge in [0.1, 0.15) is 40.8 Å². The van der Waals surface area contributed by atoms with Crippen molar-refractivity contribution in [1.82, 2.24) is 0 Å². The van der Waals surface area contributed by atoms with Crippen LogP contribution in [0.15, 0.2) is 39.5 Å². The number of hydrogen-bond acceptors (Lipinski definition) is 14. The molecule has 9 atom stereocenters. The van der Waals surface area contributed by atoms with Crippen LogP contribution in [0.3, 0.4) is 0 Å². The molecule has 228 valence electrons. The molecule has 1 saturated heterocycles. The van der Waals surface area contributed by atoms with Gasteiger partial charge in [-0.25, -0.2) is 0 Å². The molecule has 3 aromatic rings. The van der Waals surface area contributed by atoms with Gasteiger partial charge in [-0.1, -0.05) is 6.92 Å². The number of aromatic hydroxyl groups is 4. The van der Waals surface area contributed by atoms with Crippen LogP contribution in [-0.4, -0.2) is 102 Å². The summed E-state index contributed by atoms with van der Waals surface area (Å²) in [4.78, 5) is 13.6. The van der Waals surface area contributed by atoms with Crippen LogP contribution >= 0.6 is 0 Å². The third-order valence-electron chi connectivity index (χ3n) is 7.66. The Hall–Kier alpha value is -3.63. The first kappa shape index (κ1) is 29.8. The fraction of sp³-hybridized carbons (Fsp3) is 0.464. The summed E-state index contributed by atoms with van der Waals surface area (Å²) >= 11 is 0. The molecule has 0 bridgehead atoms. The van der Waals surface area contributed by atoms with E-state index in [-0.39, 0.29) is 47.7 Å². The van der Waals surface area contributed by atoms with Crippen molar-refractivity contribution in [1.29, 1.82) is 0 Å². The van der Waals surface area contributed by atoms with Crippen molar-refractivity contribution in [3.8, 4) is 40.1 Å². The number of fused-ring (bicyclic) bond motifs is 1. The Morgan fingerprint density at radius 2 is 1.60 bits per heavy atom. The van der Waals surface area contributed by atoms with E-state index in [1.807, 2.05) is 0 Å². The molecule has 9 unspecified atom stereocenters. The second-order valence-corrected chi connectivity index (χ2v) is 10.7. The normalized spacial score (nSPS) is 31.7. The molecule has 1 aliphatic carbocycles. The van der Waals surface area contributed by atoms with E-state index in [9.17, 15) is 50.8 Å². The highest BCUT2D eigenvalue weighted by Gasteiger charge is 2.43. The van der Waals surface area contributed by atoms with E-state index in [1.165, 1.54) is 6.07 Å². The van der Waals surface area contributed by atoms with Crippen LogP contribution in [0.2, 0.25) is 0 Å². The summed E-state index contributed by atoms with van der Waals surface area (Å²) in [6.07, 6.45) is -10.3. The summed E-state index contributed by atoms with van der Waals surface area (Å²) in [5, 5.41) is 91.3. The summed E-state index contributed by atoms with van der Waals surface area (Å²) in [6.45, 7) is 1.48. The van der Waals surface area contributed by atoms with E-state index in [0.717, 1.165) is 24.3 Å². The van der Waals surface area contributed by atoms with E-state index < -0.39 is 83.2 Å². The first-order valence-corrected chi connectivity index (χ1v) is 13.2. The van der Waals surface area contributed by atoms with Crippen LogP contribution < -0.4 is 10.2 Å². The Morgan fingerprint density at radius 1 is 0.857 bits per heavy atom. The molecule has 1 aliphatic heterocycles. The number of benzene rings is 2. The summed E-state index contributed by atoms with van der Waals surface area (Å²) < 4.78 is 23.1. The maximum Gasteiger partial charge on any atom is 0.239 e. The molecule has 2 heterocycles. The minimum absolute atomic E-state index is 0.0361. The Bertz CT molecular complexity index is 1500. The first-order chi connectivity index (χ1) is 19.8. The van der Waals surface area contributed by atoms with Gasteiger partial charge in [-0.05, 0) is 30.5 Å². The zero-order valence-corrected chi connectivity index (χ0v) is 22.3. The molecule has 14 nitrogen and oxygen atoms in total. The fourth-order valence-corrected chi connectivity index (χ4v) is 5.27. The van der Waals surface area contributed by atoms with Gasteiger partial charge >= 0.3 is 0 Å². The predicted octanol–water partition coefficient (Wildman–Crippen LogP) is 0.00570. The highest BCUT2D eigenvalue weighted by molar-refractivity contribution is 5.88. The molecular formula is C28H32O14. The lowest BCUT2D eigenvalue weighted by atomic mass is 9.82. The minimum atomic E-state index is -1.67. The van der Waals surface area contributed by atoms with Crippen LogP contribution in [0, 0.1) is 5.92 Å². The third kappa shape index (κ3) is 5.57. The van der Waals surface area contributed by atoms with Gasteiger partial charge in [-0.2, -0.15) is 0 Å². The number of ether oxygens (including phenoxy) is 3. The Morgan fingerprint density at radius 3 is 2.31 bits per heavy atom. The van der Waals surface area contributed by atoms with Crippen molar-refractivity contribution >= 4 is 11.0 Å². The van der Waals surface area contributed by atoms with Crippen LogP contribution in [0.25, 0.3) is 22.3 Å². The average molecular weight is 593 g/mol. The maximum atomic E-state index is 13.6. The summed E-state index contributed by atoms with van der Waals surface area (Å²) in [5.74, 6) is -3.33. The van der Waals surface area contributed by atoms with Crippen molar-refractivity contribution in [2.75, 3.05) is 6.61 Å². The van der Waals surface area contributed by atoms with Crippen LogP contribution in [0.1, 0.15) is 19.8 Å². The van der Waals surface area contributed by atoms with Crippen molar-refractivity contribution in [2.45, 2.75) is 68.8 Å². The number of aliphatic hydroxyl groups excluding tert-OH is 5. The lowest BCUT2D eigenvalue weighted by Gasteiger charge is -2.41. The van der Waals surface area contributed by atoms with Gasteiger partial charge in [0.2, 0.25) is 17.5 Å². The van der Waals surface area contributed by atoms with E-state index in [2.05, 4.69) is 0 Å². The molecule has 2 aliphatic rings. The second-order valence-electron chi connectivity index (χ2n) is 10.7. The number of aliphatic hydroxyl groups is 5. The highest BCUT2D eigenvalue weighted by Crippen LogP contribution is 2.39. The molecule has 1 aromatic heterocycles. The van der Waals surface area contributed by atoms with Gasteiger partial charge in [0, 0.05) is 24.1 Å². The van der Waals surface area contributed by atoms with Gasteiger partial charge < -0.3 is 64.6 Å². The average Bonchev–Trinajstić information content (AvgIpc) is 2.93. The largest absolute Gasteiger partial charge is 0.508 e. The molecular weight excluding hydrogens is 560 g/mol. The Balaban J connectivity index is 1.45. The zero-order chi connectivity index (χ0) is 30.5. The van der Waals surface area contributed by atoms with Crippen molar-refractivity contribution in [3.63, 3.8) is 0 Å². The molecule has 0 spiro atoms. The lowest BCUT2D eigenvalue weighted by Crippen LogP contribution is -2.55. The minimum Gasteiger partial charge on any atom is -0.508 e. The zero-order valence-electron chi connectivity index (χ0n) is 22.3. The highest BCUT2D eigenvalue weighted by atomic mass is 16.7. The monoisotopic (exact) mass is 592 g/mol. The Labute approximate surface area is 237 Å². The Kier molecular flexibility index (Phi) is 8.22. The number of hydrogen-bond donors (Lipinski definition) is 9. The lowest BCUT2D eigenvalue weighted by molar-refractivity contribution is -0.252. The topological polar surface area (TPSA) is 240 Å². The van der Waals surface area contributed by atoms with Gasteiger partial charge in [0.05, 0.1) is 31.0 Å². The second kappa shape index (κ2) is 11.6. The standard InChI is InChI=1S/C28H32O14/c1-10-4-19(23(36)25(38)21(10)34)39-9-13-8-17(33)22(35)28(40-13)42-27-24(37)20-16(32)6-12(29)7-18(20)41-26(27)11-2-3-14(30)15(31)5-11/h2-3,5-7,10,13,17,19,21-23,25,28-36,38H,4,8-9H2,1H3. The number of phenols is 4. The number of phenolic OH excluding ortho intramolecular Hbond substituents is 4. The van der Waals surface area contributed by atoms with Crippen LogP contribution in [0.4, 0.5) is 0 Å². The SMILES string of the molecule is CC1CC(OCC2CC(O)C(O)C(Oc3c(-c4ccc(O)c(O)c4)oc4cc(O)cc(O)c4c3=O)O2)C(O)C(O)C1O. The molecule has 9 N–H and O–H groups in total. The van der Waals surface area contributed by atoms with Crippen LogP contribution in [0.5, 0.6) is 28.7 Å². The smallest absolute Gasteiger partial charge is 0.239 e. The molecule has 0 amide bonds. The molecule has 5 rings (SSSR count). The van der Waals surface area contributed by atoms with E-state index in [1.54, 1.807) is 6.92 Å². The molecule has 0 radical (unpaired) electrons. The van der Waals surface area contributed by atoms with Crippen molar-refractivity contribution in [3.05, 3.63) is 40.6 Å². The van der Waals surface area contributed by atoms with Crippen molar-refractivity contribution < 1.29 is 64.6 Å². The fourth-order valence-electron chi connectivity index (χ4n) is 5.27. The van der Waals surface area contributed by atoms with Crippen LogP contribution in [-0.2, 0) is 9.47 Å². The van der Waals surface area contributed by atoms with E-state index in [0.29, 0.717) is 0 Å². The van der Waals surface area contributed by atoms with E-state index >= 15 is 0 Å². The van der Waals surface area contributed by atoms with Gasteiger partial charge in [-0.3, -0.25) is 4.79 Å². The summed E-state index contributed by atoms with van der Waals surface area (Å²) in [7, 11) is 0. The quantitative estimate of drug-likeness (QED) is 0.171. The predicted molar refractivity (Wildman–Crippen MR) is 142 cm³/mol. The van der Waals surface area contributed by atoms with Gasteiger partial charge in [-0.15, -0.1) is 0 Å². The van der Waals surface area contributed by atoms with Gasteiger partial charge in [0.15, 0.2) is 17.3 Å². The summed E-state index contributed by atoms with van der Waals surface area (Å²) in [5.41, 5.74) is -1.14.